The Kier molecular flexibility index (Phi) is 3.23. The Balaban J connectivity index is 2.64. The van der Waals surface area contributed by atoms with Crippen LogP contribution in [0.3, 0.4) is 0 Å². The largest absolute Gasteiger partial charge is 0.342 e. The maximum atomic E-state index is 11.8. The molecule has 0 spiro atoms. The van der Waals surface area contributed by atoms with Crippen molar-refractivity contribution in [2.24, 2.45) is 17.3 Å². The van der Waals surface area contributed by atoms with Crippen molar-refractivity contribution in [3.63, 3.8) is 0 Å². The maximum absolute atomic E-state index is 11.8. The van der Waals surface area contributed by atoms with Gasteiger partial charge in [-0.15, -0.1) is 0 Å². The molecule has 0 N–H and O–H groups in total. The summed E-state index contributed by atoms with van der Waals surface area (Å²) < 4.78 is 0. The first kappa shape index (κ1) is 11.5. The Labute approximate surface area is 87.7 Å². The molecule has 1 atom stereocenters. The summed E-state index contributed by atoms with van der Waals surface area (Å²) in [6.45, 7) is 12.6. The van der Waals surface area contributed by atoms with E-state index in [0.29, 0.717) is 5.91 Å². The van der Waals surface area contributed by atoms with E-state index in [1.807, 2.05) is 18.7 Å². The topological polar surface area (TPSA) is 20.3 Å². The average molecular weight is 197 g/mol. The lowest BCUT2D eigenvalue weighted by Crippen LogP contribution is -2.48. The minimum atomic E-state index is 0.138. The van der Waals surface area contributed by atoms with Crippen molar-refractivity contribution in [1.82, 2.24) is 4.90 Å². The van der Waals surface area contributed by atoms with Gasteiger partial charge in [0.05, 0.1) is 0 Å². The van der Waals surface area contributed by atoms with Gasteiger partial charge >= 0.3 is 0 Å². The number of carbonyl (C=O) groups excluding carboxylic acids is 1. The Bertz CT molecular complexity index is 220. The number of amides is 1. The van der Waals surface area contributed by atoms with Gasteiger partial charge in [-0.2, -0.15) is 0 Å². The van der Waals surface area contributed by atoms with Gasteiger partial charge in [0.15, 0.2) is 0 Å². The first-order valence-corrected chi connectivity index (χ1v) is 5.63. The van der Waals surface area contributed by atoms with Crippen LogP contribution in [0.15, 0.2) is 0 Å². The minimum Gasteiger partial charge on any atom is -0.342 e. The molecule has 1 rings (SSSR count). The SMILES string of the molecule is CC(C)C(=O)N1CC[C@@H](C)C(C)(C)C1. The molecule has 14 heavy (non-hydrogen) atoms. The minimum absolute atomic E-state index is 0.138. The number of piperidine rings is 1. The van der Waals surface area contributed by atoms with Gasteiger partial charge in [0.2, 0.25) is 5.91 Å². The molecule has 1 heterocycles. The first-order chi connectivity index (χ1) is 6.34. The van der Waals surface area contributed by atoms with Crippen LogP contribution >= 0.6 is 0 Å². The van der Waals surface area contributed by atoms with Gasteiger partial charge in [-0.25, -0.2) is 0 Å². The molecule has 2 nitrogen and oxygen atoms in total. The van der Waals surface area contributed by atoms with Crippen LogP contribution in [0.2, 0.25) is 0 Å². The molecule has 1 fully saturated rings. The summed E-state index contributed by atoms with van der Waals surface area (Å²) in [5, 5.41) is 0. The van der Waals surface area contributed by atoms with Crippen molar-refractivity contribution >= 4 is 5.91 Å². The Morgan fingerprint density at radius 1 is 1.43 bits per heavy atom. The van der Waals surface area contributed by atoms with Gasteiger partial charge in [0.25, 0.3) is 0 Å². The monoisotopic (exact) mass is 197 g/mol. The zero-order valence-corrected chi connectivity index (χ0v) is 10.1. The predicted octanol–water partition coefficient (Wildman–Crippen LogP) is 2.54. The van der Waals surface area contributed by atoms with Crippen LogP contribution in [0.4, 0.5) is 0 Å². The van der Waals surface area contributed by atoms with Gasteiger partial charge < -0.3 is 4.90 Å². The Hall–Kier alpha value is -0.530. The van der Waals surface area contributed by atoms with Crippen LogP contribution in [0.25, 0.3) is 0 Å². The Morgan fingerprint density at radius 2 is 2.00 bits per heavy atom. The number of rotatable bonds is 1. The highest BCUT2D eigenvalue weighted by atomic mass is 16.2. The molecule has 0 unspecified atom stereocenters. The van der Waals surface area contributed by atoms with E-state index in [9.17, 15) is 4.79 Å². The van der Waals surface area contributed by atoms with Crippen LogP contribution in [0.1, 0.15) is 41.0 Å². The smallest absolute Gasteiger partial charge is 0.225 e. The van der Waals surface area contributed by atoms with Crippen molar-refractivity contribution in [2.75, 3.05) is 13.1 Å². The van der Waals surface area contributed by atoms with Crippen LogP contribution < -0.4 is 0 Å². The summed E-state index contributed by atoms with van der Waals surface area (Å²) in [7, 11) is 0. The highest BCUT2D eigenvalue weighted by molar-refractivity contribution is 5.78. The van der Waals surface area contributed by atoms with E-state index in [1.54, 1.807) is 0 Å². The molecule has 0 saturated carbocycles. The van der Waals surface area contributed by atoms with E-state index in [4.69, 9.17) is 0 Å². The van der Waals surface area contributed by atoms with Crippen molar-refractivity contribution in [2.45, 2.75) is 41.0 Å². The summed E-state index contributed by atoms with van der Waals surface area (Å²) in [6, 6.07) is 0. The molecule has 0 bridgehead atoms. The number of hydrogen-bond donors (Lipinski definition) is 0. The van der Waals surface area contributed by atoms with E-state index < -0.39 is 0 Å². The van der Waals surface area contributed by atoms with Crippen molar-refractivity contribution in [3.05, 3.63) is 0 Å². The Morgan fingerprint density at radius 3 is 2.43 bits per heavy atom. The van der Waals surface area contributed by atoms with Gasteiger partial charge in [0.1, 0.15) is 0 Å². The molecule has 0 aromatic heterocycles. The van der Waals surface area contributed by atoms with E-state index >= 15 is 0 Å². The third-order valence-corrected chi connectivity index (χ3v) is 3.57. The molecular formula is C12H23NO. The molecular weight excluding hydrogens is 174 g/mol. The van der Waals surface area contributed by atoms with Crippen molar-refractivity contribution < 1.29 is 4.79 Å². The number of likely N-dealkylation sites (tertiary alicyclic amines) is 1. The van der Waals surface area contributed by atoms with E-state index in [-0.39, 0.29) is 11.3 Å². The standard InChI is InChI=1S/C12H23NO/c1-9(2)11(14)13-7-6-10(3)12(4,5)8-13/h9-10H,6-8H2,1-5H3/t10-/m1/s1. The lowest BCUT2D eigenvalue weighted by molar-refractivity contribution is -0.138. The van der Waals surface area contributed by atoms with Gasteiger partial charge in [0, 0.05) is 19.0 Å². The summed E-state index contributed by atoms with van der Waals surface area (Å²) in [4.78, 5) is 13.9. The number of carbonyl (C=O) groups is 1. The second kappa shape index (κ2) is 3.92. The lowest BCUT2D eigenvalue weighted by atomic mass is 9.75. The highest BCUT2D eigenvalue weighted by Gasteiger charge is 2.35. The van der Waals surface area contributed by atoms with Gasteiger partial charge in [-0.3, -0.25) is 4.79 Å². The number of nitrogens with zero attached hydrogens (tertiary/aromatic N) is 1. The zero-order chi connectivity index (χ0) is 10.9. The van der Waals surface area contributed by atoms with Gasteiger partial charge in [-0.05, 0) is 17.8 Å². The lowest BCUT2D eigenvalue weighted by Gasteiger charge is -2.43. The fourth-order valence-corrected chi connectivity index (χ4v) is 2.02. The maximum Gasteiger partial charge on any atom is 0.225 e. The van der Waals surface area contributed by atoms with E-state index in [1.165, 1.54) is 0 Å². The zero-order valence-electron chi connectivity index (χ0n) is 10.1. The van der Waals surface area contributed by atoms with Crippen LogP contribution in [-0.4, -0.2) is 23.9 Å². The molecule has 0 aromatic rings. The first-order valence-electron chi connectivity index (χ1n) is 5.63. The second-order valence-electron chi connectivity index (χ2n) is 5.59. The molecule has 1 aliphatic rings. The molecule has 1 saturated heterocycles. The summed E-state index contributed by atoms with van der Waals surface area (Å²) >= 11 is 0. The van der Waals surface area contributed by atoms with Crippen LogP contribution in [0.5, 0.6) is 0 Å². The van der Waals surface area contributed by atoms with Crippen molar-refractivity contribution in [3.8, 4) is 0 Å². The predicted molar refractivity (Wildman–Crippen MR) is 59.0 cm³/mol. The summed E-state index contributed by atoms with van der Waals surface area (Å²) in [5.41, 5.74) is 0.281. The molecule has 1 amide bonds. The fraction of sp³-hybridized carbons (Fsp3) is 0.917. The molecule has 2 heteroatoms. The normalized spacial score (nSPS) is 26.7. The van der Waals surface area contributed by atoms with Gasteiger partial charge in [-0.1, -0.05) is 34.6 Å². The highest BCUT2D eigenvalue weighted by Crippen LogP contribution is 2.34. The summed E-state index contributed by atoms with van der Waals surface area (Å²) in [6.07, 6.45) is 1.14. The second-order valence-corrected chi connectivity index (χ2v) is 5.59. The molecule has 82 valence electrons. The molecule has 1 aliphatic heterocycles. The van der Waals surface area contributed by atoms with Crippen LogP contribution in [0, 0.1) is 17.3 Å². The van der Waals surface area contributed by atoms with E-state index in [2.05, 4.69) is 20.8 Å². The summed E-state index contributed by atoms with van der Waals surface area (Å²) in [5.74, 6) is 1.17. The molecule has 0 aliphatic carbocycles. The van der Waals surface area contributed by atoms with E-state index in [0.717, 1.165) is 25.4 Å². The fourth-order valence-electron chi connectivity index (χ4n) is 2.02. The van der Waals surface area contributed by atoms with Crippen molar-refractivity contribution in [1.29, 1.82) is 0 Å². The third-order valence-electron chi connectivity index (χ3n) is 3.57. The molecule has 0 aromatic carbocycles. The average Bonchev–Trinajstić information content (AvgIpc) is 2.08. The third kappa shape index (κ3) is 2.28. The van der Waals surface area contributed by atoms with Crippen LogP contribution in [-0.2, 0) is 4.79 Å². The quantitative estimate of drug-likeness (QED) is 0.632. The number of hydrogen-bond acceptors (Lipinski definition) is 1. The molecule has 0 radical (unpaired) electrons.